The quantitative estimate of drug-likeness (QED) is 0.807. The number of hydrogen-bond acceptors (Lipinski definition) is 2. The Hall–Kier alpha value is -1.84. The highest BCUT2D eigenvalue weighted by atomic mass is 32.1. The van der Waals surface area contributed by atoms with Gasteiger partial charge in [0, 0.05) is 10.4 Å². The largest absolute Gasteiger partial charge is 0.482 e. The highest BCUT2D eigenvalue weighted by Gasteiger charge is 2.33. The first kappa shape index (κ1) is 12.2. The first-order valence-corrected chi connectivity index (χ1v) is 7.08. The molecule has 2 aromatic rings. The fraction of sp³-hybridized carbons (Fsp3) is 0.125. The highest BCUT2D eigenvalue weighted by Crippen LogP contribution is 2.35. The van der Waals surface area contributed by atoms with Crippen LogP contribution in [0.15, 0.2) is 54.6 Å². The van der Waals surface area contributed by atoms with E-state index in [-0.39, 0.29) is 6.10 Å². The van der Waals surface area contributed by atoms with E-state index in [9.17, 15) is 5.11 Å². The summed E-state index contributed by atoms with van der Waals surface area (Å²) in [6.45, 7) is 0. The van der Waals surface area contributed by atoms with Gasteiger partial charge in [0.2, 0.25) is 0 Å². The van der Waals surface area contributed by atoms with E-state index in [0.717, 1.165) is 21.7 Å². The van der Waals surface area contributed by atoms with Crippen molar-refractivity contribution in [2.45, 2.75) is 12.2 Å². The normalized spacial score (nSPS) is 21.4. The number of rotatable bonds is 1. The van der Waals surface area contributed by atoms with Crippen molar-refractivity contribution in [2.75, 3.05) is 0 Å². The Balaban J connectivity index is 2.10. The van der Waals surface area contributed by atoms with E-state index in [0.29, 0.717) is 0 Å². The second-order valence-electron chi connectivity index (χ2n) is 4.40. The monoisotopic (exact) mass is 270 g/mol. The first-order chi connectivity index (χ1) is 9.31. The fourth-order valence-electron chi connectivity index (χ4n) is 2.33. The van der Waals surface area contributed by atoms with Gasteiger partial charge in [0.1, 0.15) is 11.9 Å². The van der Waals surface area contributed by atoms with Crippen LogP contribution in [0.5, 0.6) is 5.75 Å². The van der Waals surface area contributed by atoms with E-state index in [1.165, 1.54) is 10.9 Å². The molecule has 1 heterocycles. The van der Waals surface area contributed by atoms with Gasteiger partial charge >= 0.3 is 0 Å². The number of ether oxygens (including phenoxy) is 1. The molecule has 0 saturated heterocycles. The molecule has 2 aromatic carbocycles. The van der Waals surface area contributed by atoms with E-state index in [4.69, 9.17) is 4.74 Å². The standard InChI is InChI=1S/C16H14O2S/c1-19-16-12-9-5-6-10-13(12)18-15(14(16)17)11-7-3-2-4-8-11/h2-10,14-15,17H,1H2. The number of aliphatic hydroxyl groups excluding tert-OH is 1. The third kappa shape index (κ3) is 2.11. The molecule has 0 amide bonds. The van der Waals surface area contributed by atoms with Gasteiger partial charge in [-0.1, -0.05) is 48.5 Å². The van der Waals surface area contributed by atoms with E-state index >= 15 is 0 Å². The fourth-order valence-corrected chi connectivity index (χ4v) is 2.95. The molecule has 0 spiro atoms. The van der Waals surface area contributed by atoms with Crippen molar-refractivity contribution in [2.24, 2.45) is 0 Å². The molecule has 0 bridgehead atoms. The molecule has 2 unspecified atom stereocenters. The Bertz CT molecular complexity index is 645. The molecule has 0 aromatic heterocycles. The Morgan fingerprint density at radius 3 is 2.42 bits per heavy atom. The molecule has 2 atom stereocenters. The van der Waals surface area contributed by atoms with Crippen LogP contribution < -0.4 is 4.74 Å². The van der Waals surface area contributed by atoms with Crippen molar-refractivity contribution < 1.29 is 9.84 Å². The van der Waals surface area contributed by atoms with Gasteiger partial charge < -0.3 is 9.84 Å². The van der Waals surface area contributed by atoms with Gasteiger partial charge in [0.15, 0.2) is 6.10 Å². The number of aliphatic hydroxyl groups is 1. The topological polar surface area (TPSA) is 29.5 Å². The Labute approximate surface area is 115 Å². The van der Waals surface area contributed by atoms with Crippen molar-refractivity contribution >= 4 is 21.7 Å². The number of para-hydroxylation sites is 1. The lowest BCUT2D eigenvalue weighted by Gasteiger charge is -2.31. The minimum absolute atomic E-state index is 0.375. The maximum atomic E-state index is 10.5. The van der Waals surface area contributed by atoms with Gasteiger partial charge in [0.05, 0.1) is 0 Å². The molecule has 0 aliphatic carbocycles. The van der Waals surface area contributed by atoms with Gasteiger partial charge in [-0.25, -0.2) is 0 Å². The van der Waals surface area contributed by atoms with E-state index < -0.39 is 6.10 Å². The van der Waals surface area contributed by atoms with Crippen LogP contribution >= 0.6 is 10.9 Å². The lowest BCUT2D eigenvalue weighted by molar-refractivity contribution is 0.0733. The van der Waals surface area contributed by atoms with Gasteiger partial charge in [-0.15, -0.1) is 0 Å². The molecule has 19 heavy (non-hydrogen) atoms. The Morgan fingerprint density at radius 2 is 1.68 bits per heavy atom. The zero-order valence-corrected chi connectivity index (χ0v) is 11.1. The van der Waals surface area contributed by atoms with Crippen LogP contribution in [0, 0.1) is 0 Å². The summed E-state index contributed by atoms with van der Waals surface area (Å²) in [5, 5.41) is 10.5. The van der Waals surface area contributed by atoms with Crippen molar-refractivity contribution in [3.05, 3.63) is 65.7 Å². The zero-order valence-electron chi connectivity index (χ0n) is 10.3. The summed E-state index contributed by atoms with van der Waals surface area (Å²) in [4.78, 5) is 0.857. The van der Waals surface area contributed by atoms with Crippen LogP contribution in [-0.4, -0.2) is 21.9 Å². The van der Waals surface area contributed by atoms with E-state index in [2.05, 4.69) is 5.87 Å². The summed E-state index contributed by atoms with van der Waals surface area (Å²) in [7, 11) is 1.33. The molecule has 96 valence electrons. The SMILES string of the molecule is C=S=C1c2ccccc2OC(c2ccccc2)C1O. The first-order valence-electron chi connectivity index (χ1n) is 6.09. The maximum Gasteiger partial charge on any atom is 0.155 e. The molecular weight excluding hydrogens is 256 g/mol. The Kier molecular flexibility index (Phi) is 3.23. The van der Waals surface area contributed by atoms with Crippen LogP contribution in [0.4, 0.5) is 0 Å². The van der Waals surface area contributed by atoms with Gasteiger partial charge in [-0.2, -0.15) is 10.9 Å². The summed E-state index contributed by atoms with van der Waals surface area (Å²) in [6, 6.07) is 17.5. The lowest BCUT2D eigenvalue weighted by atomic mass is 9.94. The maximum absolute atomic E-state index is 10.5. The lowest BCUT2D eigenvalue weighted by Crippen LogP contribution is -2.35. The van der Waals surface area contributed by atoms with Crippen LogP contribution in [0.2, 0.25) is 0 Å². The van der Waals surface area contributed by atoms with Crippen LogP contribution in [0.1, 0.15) is 17.2 Å². The zero-order chi connectivity index (χ0) is 13.2. The molecule has 2 nitrogen and oxygen atoms in total. The number of benzene rings is 2. The molecule has 1 aliphatic rings. The molecule has 3 rings (SSSR count). The van der Waals surface area contributed by atoms with Crippen LogP contribution in [-0.2, 0) is 0 Å². The minimum atomic E-state index is -0.681. The number of hydrogen-bond donors (Lipinski definition) is 1. The highest BCUT2D eigenvalue weighted by molar-refractivity contribution is 7.96. The molecular formula is C16H14O2S. The van der Waals surface area contributed by atoms with Crippen molar-refractivity contribution in [1.29, 1.82) is 0 Å². The average molecular weight is 270 g/mol. The molecule has 3 heteroatoms. The average Bonchev–Trinajstić information content (AvgIpc) is 2.47. The van der Waals surface area contributed by atoms with Gasteiger partial charge in [-0.3, -0.25) is 0 Å². The predicted octanol–water partition coefficient (Wildman–Crippen LogP) is 2.87. The van der Waals surface area contributed by atoms with E-state index in [1.54, 1.807) is 0 Å². The second kappa shape index (κ2) is 5.03. The summed E-state index contributed by atoms with van der Waals surface area (Å²) in [5.41, 5.74) is 1.90. The van der Waals surface area contributed by atoms with Crippen molar-refractivity contribution in [1.82, 2.24) is 0 Å². The molecule has 0 fully saturated rings. The van der Waals surface area contributed by atoms with Gasteiger partial charge in [-0.05, 0) is 17.5 Å². The predicted molar refractivity (Wildman–Crippen MR) is 81.1 cm³/mol. The van der Waals surface area contributed by atoms with Crippen LogP contribution in [0.25, 0.3) is 0 Å². The smallest absolute Gasteiger partial charge is 0.155 e. The third-order valence-corrected chi connectivity index (χ3v) is 4.02. The third-order valence-electron chi connectivity index (χ3n) is 3.25. The minimum Gasteiger partial charge on any atom is -0.482 e. The molecule has 0 saturated carbocycles. The number of fused-ring (bicyclic) bond motifs is 1. The summed E-state index contributed by atoms with van der Waals surface area (Å²) in [6.07, 6.45) is -1.06. The van der Waals surface area contributed by atoms with E-state index in [1.807, 2.05) is 54.6 Å². The molecule has 0 radical (unpaired) electrons. The van der Waals surface area contributed by atoms with Crippen molar-refractivity contribution in [3.63, 3.8) is 0 Å². The van der Waals surface area contributed by atoms with Gasteiger partial charge in [0.25, 0.3) is 0 Å². The molecule has 1 aliphatic heterocycles. The second-order valence-corrected chi connectivity index (χ2v) is 5.13. The van der Waals surface area contributed by atoms with Crippen molar-refractivity contribution in [3.8, 4) is 5.75 Å². The summed E-state index contributed by atoms with van der Waals surface area (Å²) in [5.74, 6) is 4.65. The van der Waals surface area contributed by atoms with Crippen LogP contribution in [0.3, 0.4) is 0 Å². The molecule has 1 N–H and O–H groups in total. The summed E-state index contributed by atoms with van der Waals surface area (Å²) >= 11 is 0. The Morgan fingerprint density at radius 1 is 1.00 bits per heavy atom. The summed E-state index contributed by atoms with van der Waals surface area (Å²) < 4.78 is 5.95.